The van der Waals surface area contributed by atoms with E-state index in [1.807, 2.05) is 73.7 Å². The summed E-state index contributed by atoms with van der Waals surface area (Å²) in [6.07, 6.45) is 3.64. The smallest absolute Gasteiger partial charge is 0.337 e. The predicted molar refractivity (Wildman–Crippen MR) is 144 cm³/mol. The van der Waals surface area contributed by atoms with E-state index in [0.717, 1.165) is 32.5 Å². The lowest BCUT2D eigenvalue weighted by molar-refractivity contribution is -0.113. The molecule has 6 heteroatoms. The lowest BCUT2D eigenvalue weighted by Gasteiger charge is -2.21. The fraction of sp³-hybridized carbons (Fsp3) is 0.0667. The number of rotatable bonds is 5. The number of furan rings is 1. The van der Waals surface area contributed by atoms with E-state index in [0.29, 0.717) is 22.7 Å². The fourth-order valence-electron chi connectivity index (χ4n) is 4.09. The highest BCUT2D eigenvalue weighted by atomic mass is 79.9. The molecule has 3 aromatic carbocycles. The molecular formula is C30H22BrNO4. The molecule has 0 fully saturated rings. The van der Waals surface area contributed by atoms with Gasteiger partial charge in [0.1, 0.15) is 11.5 Å². The minimum absolute atomic E-state index is 0.129. The minimum Gasteiger partial charge on any atom is -0.465 e. The van der Waals surface area contributed by atoms with E-state index in [1.165, 1.54) is 7.11 Å². The zero-order valence-electron chi connectivity index (χ0n) is 19.7. The molecule has 0 saturated heterocycles. The maximum atomic E-state index is 13.6. The third-order valence-corrected chi connectivity index (χ3v) is 6.86. The van der Waals surface area contributed by atoms with Crippen LogP contribution in [0.5, 0.6) is 0 Å². The molecule has 5 nitrogen and oxygen atoms in total. The topological polar surface area (TPSA) is 59.8 Å². The van der Waals surface area contributed by atoms with Gasteiger partial charge >= 0.3 is 5.97 Å². The zero-order chi connectivity index (χ0) is 25.2. The largest absolute Gasteiger partial charge is 0.465 e. The van der Waals surface area contributed by atoms with E-state index in [4.69, 9.17) is 9.15 Å². The highest BCUT2D eigenvalue weighted by Gasteiger charge is 2.31. The number of carbonyl (C=O) groups is 2. The van der Waals surface area contributed by atoms with Crippen molar-refractivity contribution in [3.05, 3.63) is 124 Å². The molecule has 0 radical (unpaired) electrons. The van der Waals surface area contributed by atoms with Gasteiger partial charge in [-0.05, 0) is 72.7 Å². The summed E-state index contributed by atoms with van der Waals surface area (Å²) < 4.78 is 11.8. The SMILES string of the molecule is COC(=O)c1ccc(-c2ccc(/C=C3\C=C(c4ccccc4)N(c4ccc(Br)c(C)c4)C3=O)o2)cc1. The van der Waals surface area contributed by atoms with Crippen molar-refractivity contribution in [2.75, 3.05) is 12.0 Å². The Morgan fingerprint density at radius 3 is 2.39 bits per heavy atom. The van der Waals surface area contributed by atoms with Crippen LogP contribution in [-0.2, 0) is 9.53 Å². The second-order valence-corrected chi connectivity index (χ2v) is 9.19. The minimum atomic E-state index is -0.391. The second kappa shape index (κ2) is 9.84. The first-order chi connectivity index (χ1) is 17.4. The first-order valence-corrected chi connectivity index (χ1v) is 12.1. The highest BCUT2D eigenvalue weighted by molar-refractivity contribution is 9.10. The summed E-state index contributed by atoms with van der Waals surface area (Å²) >= 11 is 3.54. The fourth-order valence-corrected chi connectivity index (χ4v) is 4.33. The number of halogens is 1. The summed E-state index contributed by atoms with van der Waals surface area (Å²) in [4.78, 5) is 27.0. The Morgan fingerprint density at radius 2 is 1.69 bits per heavy atom. The summed E-state index contributed by atoms with van der Waals surface area (Å²) in [7, 11) is 1.35. The van der Waals surface area contributed by atoms with Crippen LogP contribution in [0.25, 0.3) is 23.1 Å². The third-order valence-electron chi connectivity index (χ3n) is 5.97. The molecule has 1 aromatic heterocycles. The van der Waals surface area contributed by atoms with Crippen LogP contribution in [0.2, 0.25) is 0 Å². The number of amides is 1. The summed E-state index contributed by atoms with van der Waals surface area (Å²) in [6.45, 7) is 2.00. The molecule has 2 heterocycles. The molecule has 1 aliphatic rings. The summed E-state index contributed by atoms with van der Waals surface area (Å²) in [5, 5.41) is 0. The van der Waals surface area contributed by atoms with Crippen LogP contribution in [0.1, 0.15) is 27.2 Å². The number of hydrogen-bond donors (Lipinski definition) is 0. The van der Waals surface area contributed by atoms with Crippen LogP contribution < -0.4 is 4.90 Å². The molecule has 5 rings (SSSR count). The average molecular weight is 540 g/mol. The lowest BCUT2D eigenvalue weighted by atomic mass is 10.1. The Bertz CT molecular complexity index is 1510. The molecule has 0 aliphatic carbocycles. The molecule has 4 aromatic rings. The van der Waals surface area contributed by atoms with E-state index < -0.39 is 5.97 Å². The number of benzene rings is 3. The van der Waals surface area contributed by atoms with Crippen LogP contribution in [0.15, 0.2) is 105 Å². The van der Waals surface area contributed by atoms with E-state index >= 15 is 0 Å². The monoisotopic (exact) mass is 539 g/mol. The van der Waals surface area contributed by atoms with Crippen molar-refractivity contribution in [2.24, 2.45) is 0 Å². The molecule has 0 spiro atoms. The van der Waals surface area contributed by atoms with Crippen molar-refractivity contribution in [3.63, 3.8) is 0 Å². The second-order valence-electron chi connectivity index (χ2n) is 8.34. The highest BCUT2D eigenvalue weighted by Crippen LogP contribution is 2.37. The van der Waals surface area contributed by atoms with Crippen molar-refractivity contribution < 1.29 is 18.7 Å². The number of aryl methyl sites for hydroxylation is 1. The van der Waals surface area contributed by atoms with Gasteiger partial charge in [-0.3, -0.25) is 9.69 Å². The van der Waals surface area contributed by atoms with Gasteiger partial charge in [-0.2, -0.15) is 0 Å². The van der Waals surface area contributed by atoms with Gasteiger partial charge in [0.15, 0.2) is 0 Å². The molecule has 1 aliphatic heterocycles. The Hall–Kier alpha value is -4.16. The lowest BCUT2D eigenvalue weighted by Crippen LogP contribution is -2.25. The van der Waals surface area contributed by atoms with Gasteiger partial charge in [0.05, 0.1) is 18.4 Å². The van der Waals surface area contributed by atoms with Crippen molar-refractivity contribution >= 4 is 45.3 Å². The summed E-state index contributed by atoms with van der Waals surface area (Å²) in [5.41, 5.74) is 5.39. The maximum absolute atomic E-state index is 13.6. The van der Waals surface area contributed by atoms with Gasteiger partial charge in [-0.1, -0.05) is 58.4 Å². The van der Waals surface area contributed by atoms with Gasteiger partial charge in [0.2, 0.25) is 0 Å². The Kier molecular flexibility index (Phi) is 6.44. The Labute approximate surface area is 217 Å². The number of nitrogens with zero attached hydrogens (tertiary/aromatic N) is 1. The van der Waals surface area contributed by atoms with Crippen LogP contribution in [0, 0.1) is 6.92 Å². The predicted octanol–water partition coefficient (Wildman–Crippen LogP) is 7.28. The Morgan fingerprint density at radius 1 is 0.944 bits per heavy atom. The number of esters is 1. The normalized spacial score (nSPS) is 14.3. The standard InChI is InChI=1S/C30H22BrNO4/c1-19-16-24(12-14-26(19)31)32-27(20-6-4-3-5-7-20)18-23(29(32)33)17-25-13-15-28(36-25)21-8-10-22(11-9-21)30(34)35-2/h3-18H,1-2H3/b23-17+. The van der Waals surface area contributed by atoms with Crippen molar-refractivity contribution in [1.82, 2.24) is 0 Å². The molecule has 1 amide bonds. The van der Waals surface area contributed by atoms with Crippen LogP contribution in [-0.4, -0.2) is 19.0 Å². The van der Waals surface area contributed by atoms with Gasteiger partial charge in [0, 0.05) is 21.3 Å². The molecule has 0 unspecified atom stereocenters. The van der Waals surface area contributed by atoms with E-state index in [2.05, 4.69) is 15.9 Å². The first kappa shape index (κ1) is 23.6. The zero-order valence-corrected chi connectivity index (χ0v) is 21.3. The van der Waals surface area contributed by atoms with E-state index in [-0.39, 0.29) is 5.91 Å². The molecule has 0 saturated carbocycles. The maximum Gasteiger partial charge on any atom is 0.337 e. The number of methoxy groups -OCH3 is 1. The first-order valence-electron chi connectivity index (χ1n) is 11.3. The van der Waals surface area contributed by atoms with E-state index in [9.17, 15) is 9.59 Å². The van der Waals surface area contributed by atoms with Crippen molar-refractivity contribution in [1.29, 1.82) is 0 Å². The van der Waals surface area contributed by atoms with Gasteiger partial charge < -0.3 is 9.15 Å². The molecule has 0 N–H and O–H groups in total. The number of carbonyl (C=O) groups excluding carboxylic acids is 2. The van der Waals surface area contributed by atoms with Gasteiger partial charge in [-0.25, -0.2) is 4.79 Å². The van der Waals surface area contributed by atoms with E-state index in [1.54, 1.807) is 35.2 Å². The Balaban J connectivity index is 1.49. The van der Waals surface area contributed by atoms with Gasteiger partial charge in [0.25, 0.3) is 5.91 Å². The third kappa shape index (κ3) is 4.55. The molecule has 36 heavy (non-hydrogen) atoms. The molecule has 0 bridgehead atoms. The average Bonchev–Trinajstić information content (AvgIpc) is 3.51. The van der Waals surface area contributed by atoms with Crippen molar-refractivity contribution in [3.8, 4) is 11.3 Å². The van der Waals surface area contributed by atoms with Gasteiger partial charge in [-0.15, -0.1) is 0 Å². The number of ether oxygens (including phenoxy) is 1. The van der Waals surface area contributed by atoms with Crippen molar-refractivity contribution in [2.45, 2.75) is 6.92 Å². The summed E-state index contributed by atoms with van der Waals surface area (Å²) in [6, 6.07) is 26.4. The van der Waals surface area contributed by atoms with Crippen LogP contribution >= 0.6 is 15.9 Å². The number of anilines is 1. The molecule has 178 valence electrons. The molecular weight excluding hydrogens is 518 g/mol. The van der Waals surface area contributed by atoms with Crippen LogP contribution in [0.3, 0.4) is 0 Å². The number of hydrogen-bond acceptors (Lipinski definition) is 4. The quantitative estimate of drug-likeness (QED) is 0.197. The van der Waals surface area contributed by atoms with Crippen LogP contribution in [0.4, 0.5) is 5.69 Å². The summed E-state index contributed by atoms with van der Waals surface area (Å²) in [5.74, 6) is 0.674. The molecule has 0 atom stereocenters.